The van der Waals surface area contributed by atoms with E-state index in [9.17, 15) is 14.3 Å². The van der Waals surface area contributed by atoms with Gasteiger partial charge in [-0.2, -0.15) is 0 Å². The second-order valence-electron chi connectivity index (χ2n) is 3.75. The molecule has 0 heterocycles. The molecule has 3 nitrogen and oxygen atoms in total. The Bertz CT molecular complexity index is 388. The first-order valence-electron chi connectivity index (χ1n) is 4.71. The Morgan fingerprint density at radius 2 is 2.07 bits per heavy atom. The van der Waals surface area contributed by atoms with Crippen LogP contribution in [0.5, 0.6) is 5.75 Å². The second-order valence-corrected chi connectivity index (χ2v) is 3.75. The van der Waals surface area contributed by atoms with Crippen molar-refractivity contribution in [2.45, 2.75) is 26.8 Å². The number of phenols is 1. The molecule has 1 aromatic carbocycles. The average Bonchev–Trinajstić information content (AvgIpc) is 2.09. The van der Waals surface area contributed by atoms with Crippen LogP contribution in [0.1, 0.15) is 29.8 Å². The molecule has 1 amide bonds. The fraction of sp³-hybridized carbons (Fsp3) is 0.364. The number of nitrogens with one attached hydrogen (secondary N) is 1. The maximum atomic E-state index is 13.4. The lowest BCUT2D eigenvalue weighted by Crippen LogP contribution is -2.30. The lowest BCUT2D eigenvalue weighted by molar-refractivity contribution is 0.0938. The molecule has 0 aliphatic carbocycles. The number of carbonyl (C=O) groups excluding carboxylic acids is 1. The van der Waals surface area contributed by atoms with Crippen LogP contribution in [0.3, 0.4) is 0 Å². The summed E-state index contributed by atoms with van der Waals surface area (Å²) >= 11 is 0. The molecule has 0 aliphatic rings. The number of carbonyl (C=O) groups is 1. The lowest BCUT2D eigenvalue weighted by atomic mass is 10.1. The Morgan fingerprint density at radius 1 is 1.47 bits per heavy atom. The first-order valence-corrected chi connectivity index (χ1v) is 4.71. The van der Waals surface area contributed by atoms with Crippen LogP contribution in [0, 0.1) is 12.7 Å². The summed E-state index contributed by atoms with van der Waals surface area (Å²) in [4.78, 5) is 11.5. The van der Waals surface area contributed by atoms with Crippen LogP contribution in [0.2, 0.25) is 0 Å². The number of aromatic hydroxyl groups is 1. The molecule has 1 aromatic rings. The van der Waals surface area contributed by atoms with Crippen molar-refractivity contribution >= 4 is 5.91 Å². The monoisotopic (exact) mass is 211 g/mol. The smallest absolute Gasteiger partial charge is 0.254 e. The maximum absolute atomic E-state index is 13.4. The summed E-state index contributed by atoms with van der Waals surface area (Å²) in [6, 6.07) is 2.22. The highest BCUT2D eigenvalue weighted by atomic mass is 19.1. The molecule has 0 fully saturated rings. The number of halogens is 1. The van der Waals surface area contributed by atoms with Gasteiger partial charge in [0, 0.05) is 6.04 Å². The molecule has 0 aliphatic heterocycles. The standard InChI is InChI=1S/C11H14FNO2/c1-6(2)13-11(15)8-5-10(14)7(3)4-9(8)12/h4-6,14H,1-3H3,(H,13,15). The van der Waals surface area contributed by atoms with E-state index >= 15 is 0 Å². The SMILES string of the molecule is Cc1cc(F)c(C(=O)NC(C)C)cc1O. The molecule has 4 heteroatoms. The van der Waals surface area contributed by atoms with Crippen molar-refractivity contribution in [3.63, 3.8) is 0 Å². The molecule has 15 heavy (non-hydrogen) atoms. The van der Waals surface area contributed by atoms with E-state index in [1.54, 1.807) is 20.8 Å². The zero-order chi connectivity index (χ0) is 11.6. The van der Waals surface area contributed by atoms with Crippen molar-refractivity contribution in [1.82, 2.24) is 5.32 Å². The maximum Gasteiger partial charge on any atom is 0.254 e. The fourth-order valence-electron chi connectivity index (χ4n) is 1.18. The van der Waals surface area contributed by atoms with Crippen molar-refractivity contribution in [3.8, 4) is 5.75 Å². The quantitative estimate of drug-likeness (QED) is 0.785. The van der Waals surface area contributed by atoms with Crippen molar-refractivity contribution in [3.05, 3.63) is 29.1 Å². The zero-order valence-corrected chi connectivity index (χ0v) is 8.97. The molecule has 2 N–H and O–H groups in total. The Morgan fingerprint density at radius 3 is 2.60 bits per heavy atom. The van der Waals surface area contributed by atoms with Gasteiger partial charge in [-0.3, -0.25) is 4.79 Å². The number of hydrogen-bond acceptors (Lipinski definition) is 2. The predicted octanol–water partition coefficient (Wildman–Crippen LogP) is 1.98. The van der Waals surface area contributed by atoms with Gasteiger partial charge in [0.1, 0.15) is 11.6 Å². The summed E-state index contributed by atoms with van der Waals surface area (Å²) in [7, 11) is 0. The largest absolute Gasteiger partial charge is 0.508 e. The summed E-state index contributed by atoms with van der Waals surface area (Å²) in [6.07, 6.45) is 0. The van der Waals surface area contributed by atoms with Crippen LogP contribution in [0.25, 0.3) is 0 Å². The first kappa shape index (κ1) is 11.5. The average molecular weight is 211 g/mol. The zero-order valence-electron chi connectivity index (χ0n) is 8.97. The molecule has 0 spiro atoms. The van der Waals surface area contributed by atoms with Crippen LogP contribution < -0.4 is 5.32 Å². The molecular weight excluding hydrogens is 197 g/mol. The normalized spacial score (nSPS) is 10.5. The Balaban J connectivity index is 3.04. The van der Waals surface area contributed by atoms with Crippen molar-refractivity contribution in [2.24, 2.45) is 0 Å². The fourth-order valence-corrected chi connectivity index (χ4v) is 1.18. The summed E-state index contributed by atoms with van der Waals surface area (Å²) in [5.74, 6) is -1.22. The molecule has 0 radical (unpaired) electrons. The molecule has 0 saturated heterocycles. The van der Waals surface area contributed by atoms with E-state index in [1.165, 1.54) is 0 Å². The van der Waals surface area contributed by atoms with Crippen molar-refractivity contribution < 1.29 is 14.3 Å². The summed E-state index contributed by atoms with van der Waals surface area (Å²) < 4.78 is 13.4. The topological polar surface area (TPSA) is 49.3 Å². The third-order valence-corrected chi connectivity index (χ3v) is 1.95. The van der Waals surface area contributed by atoms with Crippen LogP contribution >= 0.6 is 0 Å². The van der Waals surface area contributed by atoms with Gasteiger partial charge in [0.25, 0.3) is 5.91 Å². The molecule has 0 aromatic heterocycles. The third-order valence-electron chi connectivity index (χ3n) is 1.95. The van der Waals surface area contributed by atoms with Crippen molar-refractivity contribution in [2.75, 3.05) is 0 Å². The number of aryl methyl sites for hydroxylation is 1. The van der Waals surface area contributed by atoms with E-state index in [2.05, 4.69) is 5.32 Å². The second kappa shape index (κ2) is 4.29. The van der Waals surface area contributed by atoms with Gasteiger partial charge in [-0.05, 0) is 38.5 Å². The van der Waals surface area contributed by atoms with Gasteiger partial charge in [-0.15, -0.1) is 0 Å². The molecular formula is C11H14FNO2. The molecule has 0 bridgehead atoms. The van der Waals surface area contributed by atoms with Gasteiger partial charge >= 0.3 is 0 Å². The highest BCUT2D eigenvalue weighted by Gasteiger charge is 2.14. The van der Waals surface area contributed by atoms with Crippen LogP contribution in [0.15, 0.2) is 12.1 Å². The van der Waals surface area contributed by atoms with Crippen LogP contribution in [0.4, 0.5) is 4.39 Å². The number of amides is 1. The Labute approximate surface area is 87.9 Å². The molecule has 1 rings (SSSR count). The van der Waals surface area contributed by atoms with Crippen LogP contribution in [-0.4, -0.2) is 17.1 Å². The molecule has 82 valence electrons. The highest BCUT2D eigenvalue weighted by Crippen LogP contribution is 2.20. The van der Waals surface area contributed by atoms with E-state index < -0.39 is 11.7 Å². The van der Waals surface area contributed by atoms with Crippen LogP contribution in [-0.2, 0) is 0 Å². The number of rotatable bonds is 2. The summed E-state index contributed by atoms with van der Waals surface area (Å²) in [5, 5.41) is 11.9. The van der Waals surface area contributed by atoms with E-state index in [4.69, 9.17) is 0 Å². The lowest BCUT2D eigenvalue weighted by Gasteiger charge is -2.10. The molecule has 0 saturated carbocycles. The number of phenolic OH excluding ortho intramolecular Hbond substituents is 1. The minimum absolute atomic E-state index is 0.0691. The van der Waals surface area contributed by atoms with Gasteiger partial charge < -0.3 is 10.4 Å². The minimum Gasteiger partial charge on any atom is -0.508 e. The van der Waals surface area contributed by atoms with Gasteiger partial charge in [-0.25, -0.2) is 4.39 Å². The van der Waals surface area contributed by atoms with Gasteiger partial charge in [0.15, 0.2) is 0 Å². The number of benzene rings is 1. The van der Waals surface area contributed by atoms with Gasteiger partial charge in [0.05, 0.1) is 5.56 Å². The molecule has 0 atom stereocenters. The summed E-state index contributed by atoms with van der Waals surface area (Å²) in [5.41, 5.74) is 0.278. The van der Waals surface area contributed by atoms with Gasteiger partial charge in [-0.1, -0.05) is 0 Å². The molecule has 0 unspecified atom stereocenters. The Hall–Kier alpha value is -1.58. The van der Waals surface area contributed by atoms with E-state index in [0.717, 1.165) is 12.1 Å². The van der Waals surface area contributed by atoms with E-state index in [0.29, 0.717) is 5.56 Å². The van der Waals surface area contributed by atoms with E-state index in [1.807, 2.05) is 0 Å². The number of hydrogen-bond donors (Lipinski definition) is 2. The Kier molecular flexibility index (Phi) is 3.29. The first-order chi connectivity index (χ1) is 6.91. The van der Waals surface area contributed by atoms with Crippen molar-refractivity contribution in [1.29, 1.82) is 0 Å². The van der Waals surface area contributed by atoms with E-state index in [-0.39, 0.29) is 17.4 Å². The third kappa shape index (κ3) is 2.68. The van der Waals surface area contributed by atoms with Gasteiger partial charge in [0.2, 0.25) is 0 Å². The highest BCUT2D eigenvalue weighted by molar-refractivity contribution is 5.95. The predicted molar refractivity (Wildman–Crippen MR) is 55.4 cm³/mol. The minimum atomic E-state index is -0.622. The summed E-state index contributed by atoms with van der Waals surface area (Å²) in [6.45, 7) is 5.14.